The Morgan fingerprint density at radius 2 is 2.33 bits per heavy atom. The molecule has 0 spiro atoms. The van der Waals surface area contributed by atoms with E-state index < -0.39 is 0 Å². The quantitative estimate of drug-likeness (QED) is 0.634. The molecule has 0 fully saturated rings. The van der Waals surface area contributed by atoms with Gasteiger partial charge in [0.1, 0.15) is 0 Å². The minimum atomic E-state index is 0.678. The Morgan fingerprint density at radius 3 is 2.56 bits per heavy atom. The highest BCUT2D eigenvalue weighted by atomic mass is 32.2. The van der Waals surface area contributed by atoms with E-state index in [1.807, 2.05) is 6.92 Å². The number of hydrogen-bond donors (Lipinski definition) is 1. The van der Waals surface area contributed by atoms with Gasteiger partial charge in [0.2, 0.25) is 0 Å². The molecule has 0 N–H and O–H groups in total. The zero-order valence-corrected chi connectivity index (χ0v) is 6.92. The van der Waals surface area contributed by atoms with Crippen molar-refractivity contribution in [2.45, 2.75) is 11.1 Å². The molecule has 0 aliphatic rings. The summed E-state index contributed by atoms with van der Waals surface area (Å²) in [4.78, 5) is 4.05. The van der Waals surface area contributed by atoms with Gasteiger partial charge in [0.25, 0.3) is 5.19 Å². The fraction of sp³-hybridized carbons (Fsp3) is 0.400. The van der Waals surface area contributed by atoms with Crippen LogP contribution in [0.5, 0.6) is 5.19 Å². The molecular weight excluding hydrogens is 154 g/mol. The van der Waals surface area contributed by atoms with Crippen LogP contribution in [0, 0.1) is 6.92 Å². The van der Waals surface area contributed by atoms with E-state index in [0.717, 1.165) is 9.90 Å². The summed E-state index contributed by atoms with van der Waals surface area (Å²) < 4.78 is 5.80. The molecule has 0 saturated heterocycles. The third kappa shape index (κ3) is 1.37. The molecule has 0 amide bonds. The van der Waals surface area contributed by atoms with Crippen LogP contribution in [0.1, 0.15) is 5.69 Å². The van der Waals surface area contributed by atoms with E-state index in [1.165, 1.54) is 11.3 Å². The van der Waals surface area contributed by atoms with Gasteiger partial charge in [-0.15, -0.1) is 12.6 Å². The minimum absolute atomic E-state index is 0.678. The predicted octanol–water partition coefficient (Wildman–Crippen LogP) is 1.75. The first-order valence-corrected chi connectivity index (χ1v) is 3.71. The number of rotatable bonds is 1. The minimum Gasteiger partial charge on any atom is -0.473 e. The first kappa shape index (κ1) is 6.89. The number of nitrogens with zero attached hydrogens (tertiary/aromatic N) is 1. The van der Waals surface area contributed by atoms with E-state index in [2.05, 4.69) is 17.6 Å². The Balaban J connectivity index is 2.98. The Morgan fingerprint density at radius 1 is 1.67 bits per heavy atom. The molecule has 4 heteroatoms. The highest BCUT2D eigenvalue weighted by Crippen LogP contribution is 2.26. The van der Waals surface area contributed by atoms with Crippen LogP contribution in [-0.4, -0.2) is 12.1 Å². The van der Waals surface area contributed by atoms with Crippen LogP contribution in [0.2, 0.25) is 0 Å². The van der Waals surface area contributed by atoms with Crippen molar-refractivity contribution < 1.29 is 4.74 Å². The van der Waals surface area contributed by atoms with E-state index in [1.54, 1.807) is 7.11 Å². The SMILES string of the molecule is COc1nc(C)c(S)s1. The van der Waals surface area contributed by atoms with Crippen molar-refractivity contribution in [1.29, 1.82) is 0 Å². The van der Waals surface area contributed by atoms with Crippen LogP contribution >= 0.6 is 24.0 Å². The van der Waals surface area contributed by atoms with Gasteiger partial charge in [-0.3, -0.25) is 0 Å². The Hall–Kier alpha value is -0.220. The topological polar surface area (TPSA) is 22.1 Å². The van der Waals surface area contributed by atoms with Crippen LogP contribution in [0.15, 0.2) is 4.21 Å². The first-order valence-electron chi connectivity index (χ1n) is 2.44. The second-order valence-electron chi connectivity index (χ2n) is 1.57. The monoisotopic (exact) mass is 161 g/mol. The van der Waals surface area contributed by atoms with Gasteiger partial charge >= 0.3 is 0 Å². The maximum atomic E-state index is 4.87. The molecule has 0 atom stereocenters. The van der Waals surface area contributed by atoms with Gasteiger partial charge in [0.15, 0.2) is 0 Å². The van der Waals surface area contributed by atoms with Gasteiger partial charge in [-0.1, -0.05) is 11.3 Å². The third-order valence-corrected chi connectivity index (χ3v) is 2.45. The molecule has 0 saturated carbocycles. The van der Waals surface area contributed by atoms with Gasteiger partial charge in [-0.05, 0) is 6.92 Å². The fourth-order valence-electron chi connectivity index (χ4n) is 0.451. The van der Waals surface area contributed by atoms with Crippen LogP contribution in [0.4, 0.5) is 0 Å². The van der Waals surface area contributed by atoms with Crippen molar-refractivity contribution in [3.05, 3.63) is 5.69 Å². The van der Waals surface area contributed by atoms with Crippen molar-refractivity contribution in [1.82, 2.24) is 4.98 Å². The van der Waals surface area contributed by atoms with Gasteiger partial charge in [0, 0.05) is 0 Å². The number of aryl methyl sites for hydroxylation is 1. The summed E-state index contributed by atoms with van der Waals surface area (Å²) in [7, 11) is 1.60. The van der Waals surface area contributed by atoms with Crippen LogP contribution in [0.25, 0.3) is 0 Å². The van der Waals surface area contributed by atoms with Crippen molar-refractivity contribution in [2.75, 3.05) is 7.11 Å². The molecule has 1 heterocycles. The fourth-order valence-corrected chi connectivity index (χ4v) is 1.36. The molecule has 0 aliphatic carbocycles. The van der Waals surface area contributed by atoms with Crippen molar-refractivity contribution in [3.8, 4) is 5.19 Å². The highest BCUT2D eigenvalue weighted by Gasteiger charge is 2.01. The lowest BCUT2D eigenvalue weighted by molar-refractivity contribution is 0.411. The Bertz CT molecular complexity index is 189. The molecule has 1 aromatic rings. The number of methoxy groups -OCH3 is 1. The van der Waals surface area contributed by atoms with Gasteiger partial charge < -0.3 is 4.74 Å². The zero-order chi connectivity index (χ0) is 6.85. The summed E-state index contributed by atoms with van der Waals surface area (Å²) >= 11 is 5.59. The average Bonchev–Trinajstić information content (AvgIpc) is 2.13. The number of thiol groups is 1. The van der Waals surface area contributed by atoms with E-state index in [-0.39, 0.29) is 0 Å². The van der Waals surface area contributed by atoms with Gasteiger partial charge in [0.05, 0.1) is 17.0 Å². The summed E-state index contributed by atoms with van der Waals surface area (Å²) in [6.45, 7) is 1.90. The Labute approximate surface area is 63.3 Å². The van der Waals surface area contributed by atoms with E-state index in [4.69, 9.17) is 4.74 Å². The molecule has 0 aliphatic heterocycles. The summed E-state index contributed by atoms with van der Waals surface area (Å²) in [5.74, 6) is 0. The molecule has 0 unspecified atom stereocenters. The molecule has 1 rings (SSSR count). The van der Waals surface area contributed by atoms with Crippen LogP contribution in [-0.2, 0) is 0 Å². The number of ether oxygens (including phenoxy) is 1. The van der Waals surface area contributed by atoms with Crippen molar-refractivity contribution in [3.63, 3.8) is 0 Å². The van der Waals surface area contributed by atoms with E-state index in [0.29, 0.717) is 5.19 Å². The lowest BCUT2D eigenvalue weighted by atomic mass is 10.6. The summed E-state index contributed by atoms with van der Waals surface area (Å²) in [5.41, 5.74) is 0.931. The molecule has 2 nitrogen and oxygen atoms in total. The molecule has 0 aromatic carbocycles. The first-order chi connectivity index (χ1) is 4.24. The second kappa shape index (κ2) is 2.58. The molecule has 1 aromatic heterocycles. The summed E-state index contributed by atoms with van der Waals surface area (Å²) in [6.07, 6.45) is 0. The molecule has 0 bridgehead atoms. The molecular formula is C5H7NOS2. The lowest BCUT2D eigenvalue weighted by Gasteiger charge is -1.85. The highest BCUT2D eigenvalue weighted by molar-refractivity contribution is 7.83. The zero-order valence-electron chi connectivity index (χ0n) is 5.21. The third-order valence-electron chi connectivity index (χ3n) is 0.927. The van der Waals surface area contributed by atoms with E-state index >= 15 is 0 Å². The maximum Gasteiger partial charge on any atom is 0.274 e. The van der Waals surface area contributed by atoms with Crippen LogP contribution < -0.4 is 4.74 Å². The molecule has 0 radical (unpaired) electrons. The summed E-state index contributed by atoms with van der Waals surface area (Å²) in [6, 6.07) is 0. The smallest absolute Gasteiger partial charge is 0.274 e. The normalized spacial score (nSPS) is 9.67. The van der Waals surface area contributed by atoms with Gasteiger partial charge in [-0.2, -0.15) is 0 Å². The standard InChI is InChI=1S/C5H7NOS2/c1-3-4(8)9-5(6-3)7-2/h8H,1-2H3. The lowest BCUT2D eigenvalue weighted by Crippen LogP contribution is -1.79. The van der Waals surface area contributed by atoms with Crippen LogP contribution in [0.3, 0.4) is 0 Å². The van der Waals surface area contributed by atoms with Crippen molar-refractivity contribution >= 4 is 24.0 Å². The predicted molar refractivity (Wildman–Crippen MR) is 40.7 cm³/mol. The van der Waals surface area contributed by atoms with E-state index in [9.17, 15) is 0 Å². The van der Waals surface area contributed by atoms with Crippen molar-refractivity contribution in [2.24, 2.45) is 0 Å². The molecule has 9 heavy (non-hydrogen) atoms. The number of thiazole rings is 1. The maximum absolute atomic E-state index is 4.87. The average molecular weight is 161 g/mol. The van der Waals surface area contributed by atoms with Gasteiger partial charge in [-0.25, -0.2) is 4.98 Å². The Kier molecular flexibility index (Phi) is 1.97. The second-order valence-corrected chi connectivity index (χ2v) is 3.29. The summed E-state index contributed by atoms with van der Waals surface area (Å²) in [5, 5.41) is 0.678. The number of hydrogen-bond acceptors (Lipinski definition) is 4. The molecule has 50 valence electrons. The number of aromatic nitrogens is 1. The largest absolute Gasteiger partial charge is 0.473 e.